The van der Waals surface area contributed by atoms with Crippen LogP contribution >= 0.6 is 11.6 Å². The number of carbonyl (C=O) groups excluding carboxylic acids is 1. The standard InChI is InChI=1S/C17H23ClN4O/c1-11-16(12(2)22(5)20-11)19-17(23)13(3)21(4)10-14-6-8-15(18)9-7-14/h6-9,13H,10H2,1-5H3,(H,19,23)/t13-/m1/s1. The van der Waals surface area contributed by atoms with Crippen LogP contribution in [0.15, 0.2) is 24.3 Å². The lowest BCUT2D eigenvalue weighted by Gasteiger charge is -2.24. The summed E-state index contributed by atoms with van der Waals surface area (Å²) in [6.45, 7) is 6.41. The van der Waals surface area contributed by atoms with Crippen molar-refractivity contribution in [3.05, 3.63) is 46.2 Å². The van der Waals surface area contributed by atoms with Crippen LogP contribution in [0.5, 0.6) is 0 Å². The minimum Gasteiger partial charge on any atom is -0.322 e. The third kappa shape index (κ3) is 4.12. The maximum atomic E-state index is 12.5. The van der Waals surface area contributed by atoms with E-state index >= 15 is 0 Å². The Kier molecular flexibility index (Phi) is 5.44. The number of amides is 1. The van der Waals surface area contributed by atoms with Gasteiger partial charge in [0.05, 0.1) is 23.1 Å². The van der Waals surface area contributed by atoms with Gasteiger partial charge in [-0.05, 0) is 45.5 Å². The fourth-order valence-corrected chi connectivity index (χ4v) is 2.52. The molecular weight excluding hydrogens is 312 g/mol. The molecule has 1 N–H and O–H groups in total. The average molecular weight is 335 g/mol. The van der Waals surface area contributed by atoms with Crippen molar-refractivity contribution in [3.63, 3.8) is 0 Å². The van der Waals surface area contributed by atoms with E-state index in [0.717, 1.165) is 22.6 Å². The molecule has 0 fully saturated rings. The number of anilines is 1. The molecule has 6 heteroatoms. The van der Waals surface area contributed by atoms with Crippen molar-refractivity contribution in [1.29, 1.82) is 0 Å². The highest BCUT2D eigenvalue weighted by Gasteiger charge is 2.21. The van der Waals surface area contributed by atoms with Gasteiger partial charge in [-0.3, -0.25) is 14.4 Å². The number of aromatic nitrogens is 2. The largest absolute Gasteiger partial charge is 0.322 e. The lowest BCUT2D eigenvalue weighted by molar-refractivity contribution is -0.120. The molecule has 0 bridgehead atoms. The maximum Gasteiger partial charge on any atom is 0.241 e. The molecule has 1 heterocycles. The highest BCUT2D eigenvalue weighted by atomic mass is 35.5. The monoisotopic (exact) mass is 334 g/mol. The fourth-order valence-electron chi connectivity index (χ4n) is 2.40. The van der Waals surface area contributed by atoms with Gasteiger partial charge in [0.2, 0.25) is 5.91 Å². The summed E-state index contributed by atoms with van der Waals surface area (Å²) in [5.74, 6) is -0.0411. The number of halogens is 1. The first-order valence-corrected chi connectivity index (χ1v) is 7.93. The maximum absolute atomic E-state index is 12.5. The molecule has 2 rings (SSSR count). The van der Waals surface area contributed by atoms with Gasteiger partial charge in [0.15, 0.2) is 0 Å². The zero-order chi connectivity index (χ0) is 17.1. The van der Waals surface area contributed by atoms with Crippen molar-refractivity contribution in [2.24, 2.45) is 7.05 Å². The Morgan fingerprint density at radius 2 is 1.96 bits per heavy atom. The SMILES string of the molecule is Cc1nn(C)c(C)c1NC(=O)[C@@H](C)N(C)Cc1ccc(Cl)cc1. The van der Waals surface area contributed by atoms with Crippen LogP contribution in [0.1, 0.15) is 23.9 Å². The van der Waals surface area contributed by atoms with Crippen LogP contribution in [-0.2, 0) is 18.4 Å². The van der Waals surface area contributed by atoms with E-state index < -0.39 is 0 Å². The van der Waals surface area contributed by atoms with Crippen LogP contribution in [0.2, 0.25) is 5.02 Å². The molecule has 0 radical (unpaired) electrons. The molecule has 1 amide bonds. The summed E-state index contributed by atoms with van der Waals surface area (Å²) in [4.78, 5) is 14.5. The van der Waals surface area contributed by atoms with Gasteiger partial charge in [-0.2, -0.15) is 5.10 Å². The van der Waals surface area contributed by atoms with Crippen LogP contribution in [-0.4, -0.2) is 33.7 Å². The normalized spacial score (nSPS) is 12.5. The summed E-state index contributed by atoms with van der Waals surface area (Å²) in [5, 5.41) is 8.02. The smallest absolute Gasteiger partial charge is 0.241 e. The number of hydrogen-bond acceptors (Lipinski definition) is 3. The Hall–Kier alpha value is -1.85. The van der Waals surface area contributed by atoms with E-state index in [0.29, 0.717) is 11.6 Å². The molecule has 23 heavy (non-hydrogen) atoms. The van der Waals surface area contributed by atoms with Gasteiger partial charge in [-0.15, -0.1) is 0 Å². The Morgan fingerprint density at radius 3 is 2.48 bits per heavy atom. The fraction of sp³-hybridized carbons (Fsp3) is 0.412. The molecule has 0 unspecified atom stereocenters. The number of benzene rings is 1. The molecule has 0 spiro atoms. The summed E-state index contributed by atoms with van der Waals surface area (Å²) in [7, 11) is 3.80. The van der Waals surface area contributed by atoms with Crippen LogP contribution in [0.4, 0.5) is 5.69 Å². The summed E-state index contributed by atoms with van der Waals surface area (Å²) in [5.41, 5.74) is 3.68. The first-order chi connectivity index (χ1) is 10.8. The number of nitrogens with zero attached hydrogens (tertiary/aromatic N) is 3. The number of nitrogens with one attached hydrogen (secondary N) is 1. The van der Waals surface area contributed by atoms with Gasteiger partial charge in [0.25, 0.3) is 0 Å². The second kappa shape index (κ2) is 7.15. The zero-order valence-electron chi connectivity index (χ0n) is 14.2. The van der Waals surface area contributed by atoms with Crippen molar-refractivity contribution in [2.45, 2.75) is 33.4 Å². The predicted molar refractivity (Wildman–Crippen MR) is 93.7 cm³/mol. The lowest BCUT2D eigenvalue weighted by Crippen LogP contribution is -2.39. The number of carbonyl (C=O) groups is 1. The van der Waals surface area contributed by atoms with Crippen LogP contribution in [0, 0.1) is 13.8 Å². The van der Waals surface area contributed by atoms with Gasteiger partial charge < -0.3 is 5.32 Å². The summed E-state index contributed by atoms with van der Waals surface area (Å²) < 4.78 is 1.77. The summed E-state index contributed by atoms with van der Waals surface area (Å²) in [6.07, 6.45) is 0. The number of rotatable bonds is 5. The van der Waals surface area contributed by atoms with Crippen molar-refractivity contribution in [3.8, 4) is 0 Å². The lowest BCUT2D eigenvalue weighted by atomic mass is 10.2. The molecule has 1 aromatic heterocycles. The Morgan fingerprint density at radius 1 is 1.35 bits per heavy atom. The highest BCUT2D eigenvalue weighted by molar-refractivity contribution is 6.30. The number of aryl methyl sites for hydroxylation is 2. The summed E-state index contributed by atoms with van der Waals surface area (Å²) in [6, 6.07) is 7.40. The Labute approximate surface area is 142 Å². The molecule has 0 aliphatic heterocycles. The minimum atomic E-state index is -0.260. The topological polar surface area (TPSA) is 50.2 Å². The van der Waals surface area contributed by atoms with Gasteiger partial charge in [0, 0.05) is 18.6 Å². The van der Waals surface area contributed by atoms with Crippen molar-refractivity contribution >= 4 is 23.2 Å². The van der Waals surface area contributed by atoms with Crippen LogP contribution in [0.25, 0.3) is 0 Å². The number of hydrogen-bond donors (Lipinski definition) is 1. The third-order valence-corrected chi connectivity index (χ3v) is 4.40. The second-order valence-electron chi connectivity index (χ2n) is 5.88. The quantitative estimate of drug-likeness (QED) is 0.913. The van der Waals surface area contributed by atoms with Gasteiger partial charge in [-0.1, -0.05) is 23.7 Å². The Bertz CT molecular complexity index is 693. The minimum absolute atomic E-state index is 0.0411. The molecule has 1 aromatic carbocycles. The first kappa shape index (κ1) is 17.5. The average Bonchev–Trinajstić information content (AvgIpc) is 2.75. The molecule has 124 valence electrons. The van der Waals surface area contributed by atoms with E-state index in [9.17, 15) is 4.79 Å². The van der Waals surface area contributed by atoms with Gasteiger partial charge in [0.1, 0.15) is 0 Å². The molecule has 5 nitrogen and oxygen atoms in total. The molecule has 1 atom stereocenters. The van der Waals surface area contributed by atoms with E-state index in [-0.39, 0.29) is 11.9 Å². The van der Waals surface area contributed by atoms with Gasteiger partial charge in [-0.25, -0.2) is 0 Å². The van der Waals surface area contributed by atoms with Gasteiger partial charge >= 0.3 is 0 Å². The van der Waals surface area contributed by atoms with E-state index in [1.165, 1.54) is 0 Å². The molecule has 0 aliphatic carbocycles. The zero-order valence-corrected chi connectivity index (χ0v) is 15.0. The third-order valence-electron chi connectivity index (χ3n) is 4.14. The molecule has 0 aliphatic rings. The Balaban J connectivity index is 2.02. The van der Waals surface area contributed by atoms with E-state index in [1.807, 2.05) is 64.0 Å². The molecule has 2 aromatic rings. The van der Waals surface area contributed by atoms with E-state index in [1.54, 1.807) is 4.68 Å². The molecular formula is C17H23ClN4O. The van der Waals surface area contributed by atoms with E-state index in [4.69, 9.17) is 11.6 Å². The number of likely N-dealkylation sites (N-methyl/N-ethyl adjacent to an activating group) is 1. The van der Waals surface area contributed by atoms with Crippen LogP contribution < -0.4 is 5.32 Å². The van der Waals surface area contributed by atoms with Crippen molar-refractivity contribution in [1.82, 2.24) is 14.7 Å². The molecule has 0 saturated carbocycles. The van der Waals surface area contributed by atoms with E-state index in [2.05, 4.69) is 10.4 Å². The summed E-state index contributed by atoms with van der Waals surface area (Å²) >= 11 is 5.90. The predicted octanol–water partition coefficient (Wildman–Crippen LogP) is 3.15. The van der Waals surface area contributed by atoms with Crippen LogP contribution in [0.3, 0.4) is 0 Å². The second-order valence-corrected chi connectivity index (χ2v) is 6.31. The van der Waals surface area contributed by atoms with Crippen molar-refractivity contribution in [2.75, 3.05) is 12.4 Å². The molecule has 0 saturated heterocycles. The van der Waals surface area contributed by atoms with Crippen molar-refractivity contribution < 1.29 is 4.79 Å². The highest BCUT2D eigenvalue weighted by Crippen LogP contribution is 2.19. The first-order valence-electron chi connectivity index (χ1n) is 7.55.